The van der Waals surface area contributed by atoms with Crippen LogP contribution in [0.15, 0.2) is 0 Å². The highest BCUT2D eigenvalue weighted by molar-refractivity contribution is 6.18. The molecule has 0 unspecified atom stereocenters. The van der Waals surface area contributed by atoms with Gasteiger partial charge in [0, 0.05) is 31.9 Å². The topological polar surface area (TPSA) is 67.9 Å². The van der Waals surface area contributed by atoms with Crippen molar-refractivity contribution >= 4 is 35.4 Å². The van der Waals surface area contributed by atoms with Crippen molar-refractivity contribution in [1.29, 1.82) is 0 Å². The number of ether oxygens (including phenoxy) is 2. The van der Waals surface area contributed by atoms with Gasteiger partial charge in [-0.25, -0.2) is 9.59 Å². The Bertz CT molecular complexity index is 352. The van der Waals surface area contributed by atoms with Crippen molar-refractivity contribution in [3.05, 3.63) is 0 Å². The first-order chi connectivity index (χ1) is 10.3. The van der Waals surface area contributed by atoms with Crippen LogP contribution in [-0.4, -0.2) is 60.2 Å². The molecule has 138 valence electrons. The van der Waals surface area contributed by atoms with Crippen LogP contribution in [0.25, 0.3) is 0 Å². The fraction of sp³-hybridized carbons (Fsp3) is 0.867. The Morgan fingerprint density at radius 3 is 1.78 bits per heavy atom. The maximum Gasteiger partial charge on any atom is 0.410 e. The van der Waals surface area contributed by atoms with E-state index in [-0.39, 0.29) is 6.09 Å². The van der Waals surface area contributed by atoms with Crippen LogP contribution in [0.3, 0.4) is 0 Å². The molecular weight excluding hydrogens is 343 g/mol. The van der Waals surface area contributed by atoms with Crippen LogP contribution < -0.4 is 5.32 Å². The molecule has 0 aromatic rings. The molecule has 0 aromatic heterocycles. The molecule has 0 spiro atoms. The Balaban J connectivity index is 0. The van der Waals surface area contributed by atoms with E-state index < -0.39 is 17.3 Å². The summed E-state index contributed by atoms with van der Waals surface area (Å²) < 4.78 is 10.0. The number of carbonyl (C=O) groups excluding carboxylic acids is 2. The molecule has 0 aliphatic carbocycles. The summed E-state index contributed by atoms with van der Waals surface area (Å²) in [6.07, 6.45) is -0.749. The third-order valence-corrected chi connectivity index (χ3v) is 2.25. The number of rotatable bonds is 4. The molecule has 2 amide bonds. The fourth-order valence-electron chi connectivity index (χ4n) is 1.02. The average Bonchev–Trinajstić information content (AvgIpc) is 2.33. The number of hydrogen-bond acceptors (Lipinski definition) is 4. The smallest absolute Gasteiger partial charge is 0.410 e. The zero-order valence-electron chi connectivity index (χ0n) is 15.2. The Morgan fingerprint density at radius 1 is 0.957 bits per heavy atom. The summed E-state index contributed by atoms with van der Waals surface area (Å²) >= 11 is 10.8. The van der Waals surface area contributed by atoms with Gasteiger partial charge in [-0.15, -0.1) is 23.2 Å². The molecule has 23 heavy (non-hydrogen) atoms. The van der Waals surface area contributed by atoms with Crippen molar-refractivity contribution in [3.8, 4) is 0 Å². The van der Waals surface area contributed by atoms with Gasteiger partial charge in [0.25, 0.3) is 0 Å². The van der Waals surface area contributed by atoms with Crippen LogP contribution in [0.4, 0.5) is 9.59 Å². The van der Waals surface area contributed by atoms with E-state index in [1.165, 1.54) is 4.90 Å². The van der Waals surface area contributed by atoms with E-state index >= 15 is 0 Å². The molecule has 0 atom stereocenters. The van der Waals surface area contributed by atoms with Gasteiger partial charge in [0.15, 0.2) is 0 Å². The van der Waals surface area contributed by atoms with Gasteiger partial charge < -0.3 is 19.7 Å². The number of alkyl halides is 2. The number of alkyl carbamates (subject to hydrolysis) is 1. The summed E-state index contributed by atoms with van der Waals surface area (Å²) in [4.78, 5) is 23.5. The van der Waals surface area contributed by atoms with Gasteiger partial charge in [-0.3, -0.25) is 0 Å². The first-order valence-electron chi connectivity index (χ1n) is 7.35. The Kier molecular flexibility index (Phi) is 12.3. The van der Waals surface area contributed by atoms with E-state index in [9.17, 15) is 9.59 Å². The molecule has 0 rings (SSSR count). The van der Waals surface area contributed by atoms with Crippen molar-refractivity contribution in [2.24, 2.45) is 0 Å². The minimum Gasteiger partial charge on any atom is -0.444 e. The van der Waals surface area contributed by atoms with Crippen LogP contribution >= 0.6 is 23.2 Å². The molecule has 0 bridgehead atoms. The van der Waals surface area contributed by atoms with Crippen LogP contribution in [-0.2, 0) is 9.47 Å². The lowest BCUT2D eigenvalue weighted by molar-refractivity contribution is 0.0308. The van der Waals surface area contributed by atoms with Crippen LogP contribution in [0, 0.1) is 0 Å². The number of nitrogens with zero attached hydrogens (tertiary/aromatic N) is 1. The Morgan fingerprint density at radius 2 is 1.43 bits per heavy atom. The van der Waals surface area contributed by atoms with Gasteiger partial charge >= 0.3 is 12.2 Å². The zero-order chi connectivity index (χ0) is 18.7. The molecule has 0 aromatic carbocycles. The number of halogens is 2. The molecular formula is C15H30Cl2N2O4. The molecule has 0 radical (unpaired) electrons. The second kappa shape index (κ2) is 11.6. The van der Waals surface area contributed by atoms with Gasteiger partial charge in [-0.1, -0.05) is 0 Å². The van der Waals surface area contributed by atoms with E-state index in [4.69, 9.17) is 32.7 Å². The highest BCUT2D eigenvalue weighted by atomic mass is 35.5. The second-order valence-electron chi connectivity index (χ2n) is 6.71. The molecule has 1 N–H and O–H groups in total. The van der Waals surface area contributed by atoms with Crippen LogP contribution in [0.2, 0.25) is 0 Å². The molecule has 0 aliphatic heterocycles. The normalized spacial score (nSPS) is 11.0. The molecule has 0 saturated heterocycles. The predicted octanol–water partition coefficient (Wildman–Crippen LogP) is 3.84. The lowest BCUT2D eigenvalue weighted by atomic mass is 10.2. The van der Waals surface area contributed by atoms with E-state index in [0.717, 1.165) is 0 Å². The second-order valence-corrected chi connectivity index (χ2v) is 7.46. The van der Waals surface area contributed by atoms with Crippen molar-refractivity contribution < 1.29 is 19.1 Å². The summed E-state index contributed by atoms with van der Waals surface area (Å²) in [5.74, 6) is 0.828. The van der Waals surface area contributed by atoms with E-state index in [2.05, 4.69) is 5.32 Å². The molecule has 0 aliphatic rings. The number of amides is 2. The predicted molar refractivity (Wildman–Crippen MR) is 94.5 cm³/mol. The largest absolute Gasteiger partial charge is 0.444 e. The van der Waals surface area contributed by atoms with Gasteiger partial charge in [0.1, 0.15) is 11.2 Å². The van der Waals surface area contributed by atoms with E-state index in [1.54, 1.807) is 7.05 Å². The summed E-state index contributed by atoms with van der Waals surface area (Å²) in [5.41, 5.74) is -0.867. The SMILES string of the molecule is CC(C)(C)OC(=O)NCCCl.CN(CCCl)C(=O)OC(C)(C)C. The van der Waals surface area contributed by atoms with Crippen molar-refractivity contribution in [2.75, 3.05) is 31.9 Å². The lowest BCUT2D eigenvalue weighted by Gasteiger charge is -2.23. The highest BCUT2D eigenvalue weighted by Crippen LogP contribution is 2.08. The average molecular weight is 373 g/mol. The Hall–Kier alpha value is -0.880. The minimum absolute atomic E-state index is 0.330. The van der Waals surface area contributed by atoms with Crippen LogP contribution in [0.5, 0.6) is 0 Å². The van der Waals surface area contributed by atoms with Crippen molar-refractivity contribution in [3.63, 3.8) is 0 Å². The third kappa shape index (κ3) is 19.1. The quantitative estimate of drug-likeness (QED) is 0.761. The summed E-state index contributed by atoms with van der Waals surface area (Å²) in [6, 6.07) is 0. The number of hydrogen-bond donors (Lipinski definition) is 1. The first-order valence-corrected chi connectivity index (χ1v) is 8.42. The monoisotopic (exact) mass is 372 g/mol. The zero-order valence-corrected chi connectivity index (χ0v) is 16.7. The fourth-order valence-corrected chi connectivity index (χ4v) is 1.37. The van der Waals surface area contributed by atoms with Gasteiger partial charge in [-0.2, -0.15) is 0 Å². The molecule has 0 heterocycles. The summed E-state index contributed by atoms with van der Waals surface area (Å²) in [6.45, 7) is 11.9. The van der Waals surface area contributed by atoms with E-state index in [1.807, 2.05) is 41.5 Å². The lowest BCUT2D eigenvalue weighted by Crippen LogP contribution is -2.35. The van der Waals surface area contributed by atoms with Gasteiger partial charge in [0.2, 0.25) is 0 Å². The van der Waals surface area contributed by atoms with Crippen molar-refractivity contribution in [2.45, 2.75) is 52.7 Å². The number of carbonyl (C=O) groups is 2. The Labute approximate surface area is 149 Å². The van der Waals surface area contributed by atoms with Crippen molar-refractivity contribution in [1.82, 2.24) is 10.2 Å². The summed E-state index contributed by atoms with van der Waals surface area (Å²) in [7, 11) is 1.66. The highest BCUT2D eigenvalue weighted by Gasteiger charge is 2.18. The minimum atomic E-state index is -0.434. The maximum absolute atomic E-state index is 11.2. The van der Waals surface area contributed by atoms with E-state index in [0.29, 0.717) is 24.8 Å². The summed E-state index contributed by atoms with van der Waals surface area (Å²) in [5, 5.41) is 2.50. The van der Waals surface area contributed by atoms with Crippen LogP contribution in [0.1, 0.15) is 41.5 Å². The van der Waals surface area contributed by atoms with Gasteiger partial charge in [-0.05, 0) is 41.5 Å². The maximum atomic E-state index is 11.2. The molecule has 0 saturated carbocycles. The van der Waals surface area contributed by atoms with Gasteiger partial charge in [0.05, 0.1) is 0 Å². The molecule has 6 nitrogen and oxygen atoms in total. The number of nitrogens with one attached hydrogen (secondary N) is 1. The third-order valence-electron chi connectivity index (χ3n) is 1.89. The molecule has 0 fully saturated rings. The first kappa shape index (κ1) is 24.4. The molecule has 8 heteroatoms. The standard InChI is InChI=1S/C8H16ClNO2.C7H14ClNO2/c1-8(2,3)12-7(11)10(4)6-5-9;1-7(2,3)11-6(10)9-5-4-8/h5-6H2,1-4H3;4-5H2,1-3H3,(H,9,10).